The average molecular weight is 447 g/mol. The first-order chi connectivity index (χ1) is 16.0. The molecule has 3 aromatic rings. The molecule has 4 rings (SSSR count). The van der Waals surface area contributed by atoms with Crippen molar-refractivity contribution in [2.75, 3.05) is 26.7 Å². The van der Waals surface area contributed by atoms with Gasteiger partial charge in [0.1, 0.15) is 5.82 Å². The van der Waals surface area contributed by atoms with Crippen LogP contribution in [-0.2, 0) is 22.6 Å². The lowest BCUT2D eigenvalue weighted by atomic mass is 9.95. The Bertz CT molecular complexity index is 1110. The molecule has 1 saturated heterocycles. The fourth-order valence-electron chi connectivity index (χ4n) is 4.13. The molecule has 1 fully saturated rings. The maximum atomic E-state index is 14.1. The number of ether oxygens (including phenoxy) is 1. The van der Waals surface area contributed by atoms with Gasteiger partial charge in [0.2, 0.25) is 5.91 Å². The lowest BCUT2D eigenvalue weighted by Gasteiger charge is -2.23. The van der Waals surface area contributed by atoms with E-state index in [1.807, 2.05) is 36.4 Å². The van der Waals surface area contributed by atoms with Crippen LogP contribution in [-0.4, -0.2) is 43.5 Å². The highest BCUT2D eigenvalue weighted by Gasteiger charge is 2.28. The molecule has 0 aromatic heterocycles. The minimum atomic E-state index is -0.358. The van der Waals surface area contributed by atoms with Gasteiger partial charge in [-0.05, 0) is 41.3 Å². The third-order valence-corrected chi connectivity index (χ3v) is 5.91. The third kappa shape index (κ3) is 5.46. The van der Waals surface area contributed by atoms with Crippen LogP contribution in [0.2, 0.25) is 0 Å². The largest absolute Gasteiger partial charge is 0.380 e. The molecule has 6 heteroatoms. The lowest BCUT2D eigenvalue weighted by molar-refractivity contribution is -0.124. The number of benzene rings is 3. The van der Waals surface area contributed by atoms with Crippen LogP contribution in [0.3, 0.4) is 0 Å². The van der Waals surface area contributed by atoms with Crippen LogP contribution in [0.1, 0.15) is 21.5 Å². The van der Waals surface area contributed by atoms with E-state index in [4.69, 9.17) is 4.74 Å². The van der Waals surface area contributed by atoms with Crippen molar-refractivity contribution in [2.45, 2.75) is 13.0 Å². The van der Waals surface area contributed by atoms with Gasteiger partial charge in [-0.3, -0.25) is 9.59 Å². The fourth-order valence-corrected chi connectivity index (χ4v) is 4.13. The van der Waals surface area contributed by atoms with Gasteiger partial charge in [-0.1, -0.05) is 54.6 Å². The number of hydrogen-bond donors (Lipinski definition) is 1. The summed E-state index contributed by atoms with van der Waals surface area (Å²) in [5.74, 6) is -0.768. The smallest absolute Gasteiger partial charge is 0.253 e. The molecule has 1 unspecified atom stereocenters. The zero-order chi connectivity index (χ0) is 23.2. The predicted octanol–water partition coefficient (Wildman–Crippen LogP) is 4.07. The summed E-state index contributed by atoms with van der Waals surface area (Å²) in [5.41, 5.74) is 3.89. The maximum absolute atomic E-state index is 14.1. The highest BCUT2D eigenvalue weighted by Crippen LogP contribution is 2.24. The van der Waals surface area contributed by atoms with Crippen LogP contribution in [0, 0.1) is 11.7 Å². The molecule has 170 valence electrons. The predicted molar refractivity (Wildman–Crippen MR) is 125 cm³/mol. The van der Waals surface area contributed by atoms with Crippen molar-refractivity contribution in [1.82, 2.24) is 10.2 Å². The van der Waals surface area contributed by atoms with Crippen LogP contribution in [0.25, 0.3) is 11.1 Å². The minimum absolute atomic E-state index is 0.0566. The van der Waals surface area contributed by atoms with E-state index in [0.29, 0.717) is 43.8 Å². The van der Waals surface area contributed by atoms with Gasteiger partial charge >= 0.3 is 0 Å². The van der Waals surface area contributed by atoms with Crippen LogP contribution < -0.4 is 5.32 Å². The first-order valence-electron chi connectivity index (χ1n) is 11.0. The highest BCUT2D eigenvalue weighted by molar-refractivity contribution is 5.95. The molecule has 1 atom stereocenters. The first kappa shape index (κ1) is 22.7. The van der Waals surface area contributed by atoms with Gasteiger partial charge < -0.3 is 15.0 Å². The van der Waals surface area contributed by atoms with Crippen molar-refractivity contribution in [3.8, 4) is 11.1 Å². The number of carbonyl (C=O) groups excluding carboxylic acids is 2. The Kier molecular flexibility index (Phi) is 7.15. The summed E-state index contributed by atoms with van der Waals surface area (Å²) in [6.45, 7) is 1.73. The lowest BCUT2D eigenvalue weighted by Crippen LogP contribution is -2.37. The summed E-state index contributed by atoms with van der Waals surface area (Å²) in [5, 5.41) is 2.92. The number of nitrogens with zero attached hydrogens (tertiary/aromatic N) is 1. The normalized spacial score (nSPS) is 16.2. The van der Waals surface area contributed by atoms with E-state index in [0.717, 1.165) is 16.7 Å². The van der Waals surface area contributed by atoms with Gasteiger partial charge in [0.15, 0.2) is 0 Å². The molecule has 0 aliphatic carbocycles. The second kappa shape index (κ2) is 10.4. The van der Waals surface area contributed by atoms with Crippen LogP contribution in [0.15, 0.2) is 72.8 Å². The highest BCUT2D eigenvalue weighted by atomic mass is 19.1. The summed E-state index contributed by atoms with van der Waals surface area (Å²) >= 11 is 0. The topological polar surface area (TPSA) is 58.6 Å². The summed E-state index contributed by atoms with van der Waals surface area (Å²) in [6, 6.07) is 21.6. The molecule has 5 nitrogen and oxygen atoms in total. The van der Waals surface area contributed by atoms with Crippen molar-refractivity contribution < 1.29 is 18.7 Å². The van der Waals surface area contributed by atoms with E-state index >= 15 is 0 Å². The second-order valence-corrected chi connectivity index (χ2v) is 8.25. The standard InChI is InChI=1S/C27H27FN2O3/c1-33-18-20-8-12-22(13-9-20)27(32)30-15-14-29-26(31)23(17-30)16-19-6-10-21(11-7-19)24-4-2-3-5-25(24)28/h2-13,23H,14-18H2,1H3,(H,29,31). The quantitative estimate of drug-likeness (QED) is 0.621. The number of carbonyl (C=O) groups is 2. The van der Waals surface area contributed by atoms with E-state index in [1.165, 1.54) is 6.07 Å². The first-order valence-corrected chi connectivity index (χ1v) is 11.0. The van der Waals surface area contributed by atoms with Crippen molar-refractivity contribution in [3.05, 3.63) is 95.3 Å². The Balaban J connectivity index is 1.46. The Morgan fingerprint density at radius 3 is 2.42 bits per heavy atom. The second-order valence-electron chi connectivity index (χ2n) is 8.25. The molecular weight excluding hydrogens is 419 g/mol. The van der Waals surface area contributed by atoms with Gasteiger partial charge in [-0.15, -0.1) is 0 Å². The molecule has 1 heterocycles. The van der Waals surface area contributed by atoms with E-state index in [2.05, 4.69) is 5.32 Å². The number of amides is 2. The van der Waals surface area contributed by atoms with E-state index in [-0.39, 0.29) is 23.5 Å². The molecule has 0 bridgehead atoms. The molecule has 0 spiro atoms. The van der Waals surface area contributed by atoms with Gasteiger partial charge in [-0.25, -0.2) is 4.39 Å². The van der Waals surface area contributed by atoms with E-state index < -0.39 is 0 Å². The molecule has 1 aliphatic rings. The van der Waals surface area contributed by atoms with Crippen molar-refractivity contribution in [2.24, 2.45) is 5.92 Å². The Hall–Kier alpha value is -3.51. The van der Waals surface area contributed by atoms with Gasteiger partial charge in [0, 0.05) is 37.9 Å². The van der Waals surface area contributed by atoms with Gasteiger partial charge in [-0.2, -0.15) is 0 Å². The molecule has 0 radical (unpaired) electrons. The number of halogens is 1. The third-order valence-electron chi connectivity index (χ3n) is 5.91. The van der Waals surface area contributed by atoms with Gasteiger partial charge in [0.25, 0.3) is 5.91 Å². The Morgan fingerprint density at radius 2 is 1.73 bits per heavy atom. The molecule has 3 aromatic carbocycles. The fraction of sp³-hybridized carbons (Fsp3) is 0.259. The monoisotopic (exact) mass is 446 g/mol. The number of methoxy groups -OCH3 is 1. The zero-order valence-electron chi connectivity index (χ0n) is 18.6. The van der Waals surface area contributed by atoms with Gasteiger partial charge in [0.05, 0.1) is 12.5 Å². The maximum Gasteiger partial charge on any atom is 0.253 e. The molecule has 1 aliphatic heterocycles. The summed E-state index contributed by atoms with van der Waals surface area (Å²) in [6.07, 6.45) is 0.500. The molecule has 33 heavy (non-hydrogen) atoms. The molecule has 2 amide bonds. The SMILES string of the molecule is COCc1ccc(C(=O)N2CCNC(=O)C(Cc3ccc(-c4ccccc4F)cc3)C2)cc1. The zero-order valence-corrected chi connectivity index (χ0v) is 18.6. The number of rotatable bonds is 6. The number of nitrogens with one attached hydrogen (secondary N) is 1. The summed E-state index contributed by atoms with van der Waals surface area (Å²) < 4.78 is 19.2. The van der Waals surface area contributed by atoms with E-state index in [1.54, 1.807) is 42.3 Å². The Morgan fingerprint density at radius 1 is 1.03 bits per heavy atom. The number of hydrogen-bond acceptors (Lipinski definition) is 3. The summed E-state index contributed by atoms with van der Waals surface area (Å²) in [7, 11) is 1.63. The molecule has 1 N–H and O–H groups in total. The van der Waals surface area contributed by atoms with E-state index in [9.17, 15) is 14.0 Å². The Labute approximate surface area is 193 Å². The van der Waals surface area contributed by atoms with Crippen LogP contribution in [0.4, 0.5) is 4.39 Å². The molecular formula is C27H27FN2O3. The minimum Gasteiger partial charge on any atom is -0.380 e. The summed E-state index contributed by atoms with van der Waals surface area (Å²) in [4.78, 5) is 27.5. The average Bonchev–Trinajstić information content (AvgIpc) is 3.01. The van der Waals surface area contributed by atoms with Crippen LogP contribution >= 0.6 is 0 Å². The molecule has 0 saturated carbocycles. The van der Waals surface area contributed by atoms with Crippen molar-refractivity contribution in [1.29, 1.82) is 0 Å². The van der Waals surface area contributed by atoms with Crippen molar-refractivity contribution in [3.63, 3.8) is 0 Å². The van der Waals surface area contributed by atoms with Crippen molar-refractivity contribution >= 4 is 11.8 Å². The van der Waals surface area contributed by atoms with Crippen LogP contribution in [0.5, 0.6) is 0 Å².